The van der Waals surface area contributed by atoms with Crippen molar-refractivity contribution in [1.82, 2.24) is 9.78 Å². The van der Waals surface area contributed by atoms with Gasteiger partial charge in [-0.05, 0) is 20.8 Å². The highest BCUT2D eigenvalue weighted by Crippen LogP contribution is 2.15. The van der Waals surface area contributed by atoms with Crippen molar-refractivity contribution in [1.29, 1.82) is 0 Å². The van der Waals surface area contributed by atoms with Crippen LogP contribution in [0.3, 0.4) is 0 Å². The molecule has 62 valence electrons. The molecule has 0 unspecified atom stereocenters. The van der Waals surface area contributed by atoms with E-state index in [1.54, 1.807) is 13.1 Å². The van der Waals surface area contributed by atoms with E-state index < -0.39 is 6.10 Å². The van der Waals surface area contributed by atoms with Gasteiger partial charge in [0, 0.05) is 17.8 Å². The summed E-state index contributed by atoms with van der Waals surface area (Å²) in [6, 6.07) is 0. The first-order valence-corrected chi connectivity index (χ1v) is 3.87. The van der Waals surface area contributed by atoms with Crippen LogP contribution in [0.2, 0.25) is 0 Å². The Morgan fingerprint density at radius 1 is 1.73 bits per heavy atom. The van der Waals surface area contributed by atoms with Crippen molar-refractivity contribution in [3.05, 3.63) is 17.5 Å². The first kappa shape index (κ1) is 8.27. The van der Waals surface area contributed by atoms with Gasteiger partial charge in [-0.25, -0.2) is 0 Å². The van der Waals surface area contributed by atoms with Gasteiger partial charge in [0.05, 0.1) is 12.3 Å². The van der Waals surface area contributed by atoms with Crippen molar-refractivity contribution in [3.8, 4) is 0 Å². The molecule has 0 bridgehead atoms. The highest BCUT2D eigenvalue weighted by molar-refractivity contribution is 5.18. The topological polar surface area (TPSA) is 38.0 Å². The van der Waals surface area contributed by atoms with Crippen molar-refractivity contribution >= 4 is 0 Å². The van der Waals surface area contributed by atoms with Crippen molar-refractivity contribution in [3.63, 3.8) is 0 Å². The summed E-state index contributed by atoms with van der Waals surface area (Å²) >= 11 is 0. The number of aromatic nitrogens is 2. The molecule has 1 N–H and O–H groups in total. The van der Waals surface area contributed by atoms with Crippen LogP contribution in [0.1, 0.15) is 31.2 Å². The summed E-state index contributed by atoms with van der Waals surface area (Å²) < 4.78 is 1.88. The molecule has 0 aliphatic carbocycles. The Hall–Kier alpha value is -0.830. The zero-order valence-corrected chi connectivity index (χ0v) is 7.20. The zero-order valence-electron chi connectivity index (χ0n) is 7.20. The van der Waals surface area contributed by atoms with Crippen LogP contribution in [0.5, 0.6) is 0 Å². The van der Waals surface area contributed by atoms with Gasteiger partial charge in [-0.3, -0.25) is 4.68 Å². The Morgan fingerprint density at radius 3 is 2.64 bits per heavy atom. The van der Waals surface area contributed by atoms with Gasteiger partial charge in [0.1, 0.15) is 0 Å². The number of rotatable bonds is 2. The SMILES string of the molecule is CCn1ncc([C@H](C)O)c1C. The van der Waals surface area contributed by atoms with Crippen LogP contribution in [0.25, 0.3) is 0 Å². The van der Waals surface area contributed by atoms with Crippen LogP contribution < -0.4 is 0 Å². The maximum atomic E-state index is 9.26. The van der Waals surface area contributed by atoms with Gasteiger partial charge in [0.15, 0.2) is 0 Å². The second-order valence-corrected chi connectivity index (χ2v) is 2.68. The highest BCUT2D eigenvalue weighted by atomic mass is 16.3. The molecule has 0 saturated carbocycles. The summed E-state index contributed by atoms with van der Waals surface area (Å²) in [4.78, 5) is 0. The van der Waals surface area contributed by atoms with Crippen LogP contribution in [-0.4, -0.2) is 14.9 Å². The summed E-state index contributed by atoms with van der Waals surface area (Å²) in [6.45, 7) is 6.62. The smallest absolute Gasteiger partial charge is 0.0795 e. The second kappa shape index (κ2) is 3.05. The molecule has 0 spiro atoms. The molecule has 1 rings (SSSR count). The summed E-state index contributed by atoms with van der Waals surface area (Å²) in [5.74, 6) is 0. The molecule has 0 radical (unpaired) electrons. The Balaban J connectivity index is 3.00. The predicted molar refractivity (Wildman–Crippen MR) is 43.3 cm³/mol. The number of aliphatic hydroxyl groups is 1. The van der Waals surface area contributed by atoms with Gasteiger partial charge in [-0.1, -0.05) is 0 Å². The number of nitrogens with zero attached hydrogens (tertiary/aromatic N) is 2. The first-order valence-electron chi connectivity index (χ1n) is 3.87. The van der Waals surface area contributed by atoms with Crippen LogP contribution in [0.4, 0.5) is 0 Å². The third-order valence-corrected chi connectivity index (χ3v) is 1.89. The van der Waals surface area contributed by atoms with E-state index in [1.807, 2.05) is 18.5 Å². The van der Waals surface area contributed by atoms with E-state index in [4.69, 9.17) is 0 Å². The van der Waals surface area contributed by atoms with E-state index in [9.17, 15) is 5.11 Å². The monoisotopic (exact) mass is 154 g/mol. The molecule has 0 aromatic carbocycles. The minimum Gasteiger partial charge on any atom is -0.389 e. The standard InChI is InChI=1S/C8H14N2O/c1-4-10-6(2)8(5-9-10)7(3)11/h5,7,11H,4H2,1-3H3/t7-/m0/s1. The fraction of sp³-hybridized carbons (Fsp3) is 0.625. The molecule has 0 aliphatic rings. The van der Waals surface area contributed by atoms with Gasteiger partial charge in [0.25, 0.3) is 0 Å². The Bertz CT molecular complexity index is 240. The third-order valence-electron chi connectivity index (χ3n) is 1.89. The van der Waals surface area contributed by atoms with Crippen molar-refractivity contribution in [2.75, 3.05) is 0 Å². The second-order valence-electron chi connectivity index (χ2n) is 2.68. The summed E-state index contributed by atoms with van der Waals surface area (Å²) in [5, 5.41) is 13.4. The molecule has 1 heterocycles. The molecule has 11 heavy (non-hydrogen) atoms. The van der Waals surface area contributed by atoms with E-state index in [-0.39, 0.29) is 0 Å². The number of hydrogen-bond donors (Lipinski definition) is 1. The molecule has 0 amide bonds. The van der Waals surface area contributed by atoms with E-state index in [1.165, 1.54) is 0 Å². The van der Waals surface area contributed by atoms with Gasteiger partial charge in [0.2, 0.25) is 0 Å². The fourth-order valence-electron chi connectivity index (χ4n) is 1.19. The van der Waals surface area contributed by atoms with E-state index in [0.717, 1.165) is 17.8 Å². The van der Waals surface area contributed by atoms with Gasteiger partial charge < -0.3 is 5.11 Å². The maximum absolute atomic E-state index is 9.26. The van der Waals surface area contributed by atoms with Crippen LogP contribution in [-0.2, 0) is 6.54 Å². The van der Waals surface area contributed by atoms with E-state index in [0.29, 0.717) is 0 Å². The predicted octanol–water partition coefficient (Wildman–Crippen LogP) is 1.26. The number of aryl methyl sites for hydroxylation is 1. The molecule has 3 nitrogen and oxygen atoms in total. The molecule has 1 aromatic heterocycles. The summed E-state index contributed by atoms with van der Waals surface area (Å²) in [6.07, 6.45) is 1.32. The van der Waals surface area contributed by atoms with E-state index in [2.05, 4.69) is 5.10 Å². The average molecular weight is 154 g/mol. The Morgan fingerprint density at radius 2 is 2.36 bits per heavy atom. The van der Waals surface area contributed by atoms with Crippen molar-refractivity contribution < 1.29 is 5.11 Å². The largest absolute Gasteiger partial charge is 0.389 e. The Labute approximate surface area is 66.7 Å². The molecule has 0 saturated heterocycles. The van der Waals surface area contributed by atoms with Gasteiger partial charge >= 0.3 is 0 Å². The lowest BCUT2D eigenvalue weighted by Gasteiger charge is -2.03. The average Bonchev–Trinajstić information content (AvgIpc) is 2.30. The minimum atomic E-state index is -0.407. The van der Waals surface area contributed by atoms with Gasteiger partial charge in [-0.2, -0.15) is 5.10 Å². The zero-order chi connectivity index (χ0) is 8.43. The van der Waals surface area contributed by atoms with Crippen LogP contribution in [0.15, 0.2) is 6.20 Å². The lowest BCUT2D eigenvalue weighted by Crippen LogP contribution is -2.00. The highest BCUT2D eigenvalue weighted by Gasteiger charge is 2.08. The number of hydrogen-bond acceptors (Lipinski definition) is 2. The maximum Gasteiger partial charge on any atom is 0.0795 e. The molecule has 0 fully saturated rings. The summed E-state index contributed by atoms with van der Waals surface area (Å²) in [5.41, 5.74) is 1.98. The fourth-order valence-corrected chi connectivity index (χ4v) is 1.19. The lowest BCUT2D eigenvalue weighted by molar-refractivity contribution is 0.198. The summed E-state index contributed by atoms with van der Waals surface area (Å²) in [7, 11) is 0. The third kappa shape index (κ3) is 1.43. The normalized spacial score (nSPS) is 13.5. The van der Waals surface area contributed by atoms with Crippen LogP contribution in [0, 0.1) is 6.92 Å². The Kier molecular flexibility index (Phi) is 2.29. The van der Waals surface area contributed by atoms with E-state index >= 15 is 0 Å². The van der Waals surface area contributed by atoms with Gasteiger partial charge in [-0.15, -0.1) is 0 Å². The molecule has 1 aromatic rings. The molecule has 1 atom stereocenters. The van der Waals surface area contributed by atoms with Crippen LogP contribution >= 0.6 is 0 Å². The lowest BCUT2D eigenvalue weighted by atomic mass is 10.2. The molecular formula is C8H14N2O. The first-order chi connectivity index (χ1) is 5.16. The quantitative estimate of drug-likeness (QED) is 0.696. The number of aliphatic hydroxyl groups excluding tert-OH is 1. The van der Waals surface area contributed by atoms with Crippen molar-refractivity contribution in [2.24, 2.45) is 0 Å². The minimum absolute atomic E-state index is 0.407. The molecule has 0 aliphatic heterocycles. The van der Waals surface area contributed by atoms with Crippen molar-refractivity contribution in [2.45, 2.75) is 33.4 Å². The molecular weight excluding hydrogens is 140 g/mol. The molecule has 3 heteroatoms.